The lowest BCUT2D eigenvalue weighted by Crippen LogP contribution is -2.42. The molecule has 2 amide bonds. The maximum absolute atomic E-state index is 12.0. The number of hydrogen-bond acceptors (Lipinski definition) is 3. The van der Waals surface area contributed by atoms with Gasteiger partial charge in [0.05, 0.1) is 11.4 Å². The molecule has 114 valence electrons. The lowest BCUT2D eigenvalue weighted by Gasteiger charge is -2.08. The van der Waals surface area contributed by atoms with Crippen molar-refractivity contribution in [2.75, 3.05) is 0 Å². The van der Waals surface area contributed by atoms with Crippen LogP contribution in [0.5, 0.6) is 0 Å². The molecule has 6 heteroatoms. The van der Waals surface area contributed by atoms with Crippen molar-refractivity contribution in [3.8, 4) is 5.69 Å². The van der Waals surface area contributed by atoms with Crippen LogP contribution in [0.2, 0.25) is 0 Å². The van der Waals surface area contributed by atoms with Gasteiger partial charge in [-0.1, -0.05) is 0 Å². The van der Waals surface area contributed by atoms with Crippen molar-refractivity contribution >= 4 is 11.8 Å². The summed E-state index contributed by atoms with van der Waals surface area (Å²) in [4.78, 5) is 23.4. The zero-order chi connectivity index (χ0) is 15.7. The van der Waals surface area contributed by atoms with Crippen LogP contribution in [0.1, 0.15) is 34.6 Å². The molecule has 1 aromatic carbocycles. The van der Waals surface area contributed by atoms with Gasteiger partial charge in [-0.05, 0) is 57.0 Å². The van der Waals surface area contributed by atoms with Gasteiger partial charge in [0.2, 0.25) is 5.91 Å². The molecule has 2 aromatic rings. The highest BCUT2D eigenvalue weighted by Gasteiger charge is 2.29. The second kappa shape index (κ2) is 5.63. The molecular weight excluding hydrogens is 280 g/mol. The van der Waals surface area contributed by atoms with Gasteiger partial charge in [0.1, 0.15) is 0 Å². The quantitative estimate of drug-likeness (QED) is 0.846. The average molecular weight is 298 g/mol. The molecule has 0 unspecified atom stereocenters. The van der Waals surface area contributed by atoms with Crippen molar-refractivity contribution in [1.82, 2.24) is 20.6 Å². The Kier molecular flexibility index (Phi) is 3.66. The number of carbonyl (C=O) groups is 2. The molecule has 0 aliphatic heterocycles. The van der Waals surface area contributed by atoms with Gasteiger partial charge in [-0.2, -0.15) is 5.10 Å². The first kappa shape index (κ1) is 14.3. The van der Waals surface area contributed by atoms with E-state index in [1.807, 2.05) is 36.7 Å². The highest BCUT2D eigenvalue weighted by Crippen LogP contribution is 2.28. The third-order valence-corrected chi connectivity index (χ3v) is 3.63. The van der Waals surface area contributed by atoms with E-state index < -0.39 is 0 Å². The molecule has 0 spiro atoms. The Balaban J connectivity index is 1.66. The topological polar surface area (TPSA) is 76.0 Å². The first-order valence-electron chi connectivity index (χ1n) is 7.28. The lowest BCUT2D eigenvalue weighted by molar-refractivity contribution is -0.123. The summed E-state index contributed by atoms with van der Waals surface area (Å²) in [7, 11) is 0. The van der Waals surface area contributed by atoms with Gasteiger partial charge >= 0.3 is 0 Å². The Labute approximate surface area is 128 Å². The maximum atomic E-state index is 12.0. The summed E-state index contributed by atoms with van der Waals surface area (Å²) in [5.74, 6) is -0.379. The fraction of sp³-hybridized carbons (Fsp3) is 0.312. The number of hydrazine groups is 1. The van der Waals surface area contributed by atoms with Crippen LogP contribution in [0.4, 0.5) is 0 Å². The molecule has 6 nitrogen and oxygen atoms in total. The second-order valence-corrected chi connectivity index (χ2v) is 5.60. The standard InChI is InChI=1S/C16H18N4O2/c1-10-9-11(2)20(19-10)14-7-5-13(6-8-14)16(22)18-17-15(21)12-3-4-12/h5-9,12H,3-4H2,1-2H3,(H,17,21)(H,18,22). The van der Waals surface area contributed by atoms with E-state index in [-0.39, 0.29) is 17.7 Å². The van der Waals surface area contributed by atoms with Crippen molar-refractivity contribution in [2.45, 2.75) is 26.7 Å². The van der Waals surface area contributed by atoms with Gasteiger partial charge < -0.3 is 0 Å². The van der Waals surface area contributed by atoms with Crippen LogP contribution in [0, 0.1) is 19.8 Å². The first-order valence-corrected chi connectivity index (χ1v) is 7.28. The SMILES string of the molecule is Cc1cc(C)n(-c2ccc(C(=O)NNC(=O)C3CC3)cc2)n1. The van der Waals surface area contributed by atoms with Crippen molar-refractivity contribution in [1.29, 1.82) is 0 Å². The minimum atomic E-state index is -0.325. The summed E-state index contributed by atoms with van der Waals surface area (Å²) >= 11 is 0. The number of rotatable bonds is 3. The van der Waals surface area contributed by atoms with Crippen molar-refractivity contribution < 1.29 is 9.59 Å². The molecule has 2 N–H and O–H groups in total. The Morgan fingerprint density at radius 3 is 2.36 bits per heavy atom. The number of benzene rings is 1. The summed E-state index contributed by atoms with van der Waals surface area (Å²) in [6.45, 7) is 3.92. The molecule has 22 heavy (non-hydrogen) atoms. The largest absolute Gasteiger partial charge is 0.273 e. The van der Waals surface area contributed by atoms with Crippen LogP contribution in [0.3, 0.4) is 0 Å². The number of nitrogens with zero attached hydrogens (tertiary/aromatic N) is 2. The average Bonchev–Trinajstić information content (AvgIpc) is 3.30. The predicted octanol–water partition coefficient (Wildman–Crippen LogP) is 1.66. The summed E-state index contributed by atoms with van der Waals surface area (Å²) in [5.41, 5.74) is 8.24. The molecule has 3 rings (SSSR count). The van der Waals surface area contributed by atoms with Crippen molar-refractivity contribution in [3.05, 3.63) is 47.3 Å². The van der Waals surface area contributed by atoms with Gasteiger partial charge in [-0.3, -0.25) is 20.4 Å². The molecule has 0 atom stereocenters. The van der Waals surface area contributed by atoms with Gasteiger partial charge in [0.15, 0.2) is 0 Å². The number of aromatic nitrogens is 2. The van der Waals surface area contributed by atoms with E-state index in [0.717, 1.165) is 29.9 Å². The second-order valence-electron chi connectivity index (χ2n) is 5.60. The monoisotopic (exact) mass is 298 g/mol. The third-order valence-electron chi connectivity index (χ3n) is 3.63. The number of nitrogens with one attached hydrogen (secondary N) is 2. The first-order chi connectivity index (χ1) is 10.5. The highest BCUT2D eigenvalue weighted by molar-refractivity contribution is 5.95. The summed E-state index contributed by atoms with van der Waals surface area (Å²) in [6, 6.07) is 9.08. The lowest BCUT2D eigenvalue weighted by atomic mass is 10.2. The van der Waals surface area contributed by atoms with E-state index in [0.29, 0.717) is 5.56 Å². The highest BCUT2D eigenvalue weighted by atomic mass is 16.2. The fourth-order valence-electron chi connectivity index (χ4n) is 2.28. The van der Waals surface area contributed by atoms with Gasteiger partial charge in [-0.25, -0.2) is 4.68 Å². The van der Waals surface area contributed by atoms with Crippen LogP contribution in [0.15, 0.2) is 30.3 Å². The normalized spacial score (nSPS) is 13.7. The van der Waals surface area contributed by atoms with Crippen molar-refractivity contribution in [2.24, 2.45) is 5.92 Å². The molecule has 1 aliphatic rings. The minimum Gasteiger partial charge on any atom is -0.273 e. The van der Waals surface area contributed by atoms with Crippen LogP contribution in [-0.2, 0) is 4.79 Å². The summed E-state index contributed by atoms with van der Waals surface area (Å²) in [6.07, 6.45) is 1.80. The predicted molar refractivity (Wildman–Crippen MR) is 81.4 cm³/mol. The smallest absolute Gasteiger partial charge is 0.269 e. The van der Waals surface area contributed by atoms with E-state index in [1.54, 1.807) is 12.1 Å². The molecular formula is C16H18N4O2. The molecule has 1 aliphatic carbocycles. The zero-order valence-corrected chi connectivity index (χ0v) is 12.6. The van der Waals surface area contributed by atoms with Gasteiger partial charge in [0, 0.05) is 17.2 Å². The van der Waals surface area contributed by atoms with Gasteiger partial charge in [0.25, 0.3) is 5.91 Å². The third kappa shape index (κ3) is 3.00. The number of aryl methyl sites for hydroxylation is 2. The molecule has 1 fully saturated rings. The minimum absolute atomic E-state index is 0.0636. The zero-order valence-electron chi connectivity index (χ0n) is 12.6. The number of amides is 2. The van der Waals surface area contributed by atoms with Crippen LogP contribution < -0.4 is 10.9 Å². The van der Waals surface area contributed by atoms with Crippen molar-refractivity contribution in [3.63, 3.8) is 0 Å². The Bertz CT molecular complexity index is 714. The Hall–Kier alpha value is -2.63. The van der Waals surface area contributed by atoms with E-state index >= 15 is 0 Å². The van der Waals surface area contributed by atoms with Gasteiger partial charge in [-0.15, -0.1) is 0 Å². The molecule has 0 radical (unpaired) electrons. The molecule has 1 heterocycles. The maximum Gasteiger partial charge on any atom is 0.269 e. The number of carbonyl (C=O) groups excluding carboxylic acids is 2. The summed E-state index contributed by atoms with van der Waals surface area (Å²) in [5, 5.41) is 4.40. The number of hydrogen-bond donors (Lipinski definition) is 2. The molecule has 1 saturated carbocycles. The molecule has 0 bridgehead atoms. The fourth-order valence-corrected chi connectivity index (χ4v) is 2.28. The molecule has 0 saturated heterocycles. The van der Waals surface area contributed by atoms with E-state index in [9.17, 15) is 9.59 Å². The van der Waals surface area contributed by atoms with Crippen LogP contribution >= 0.6 is 0 Å². The Morgan fingerprint density at radius 2 is 1.82 bits per heavy atom. The summed E-state index contributed by atoms with van der Waals surface area (Å²) < 4.78 is 1.83. The van der Waals surface area contributed by atoms with E-state index in [1.165, 1.54) is 0 Å². The van der Waals surface area contributed by atoms with Crippen LogP contribution in [0.25, 0.3) is 5.69 Å². The Morgan fingerprint density at radius 1 is 1.14 bits per heavy atom. The van der Waals surface area contributed by atoms with E-state index in [2.05, 4.69) is 16.0 Å². The van der Waals surface area contributed by atoms with Crippen LogP contribution in [-0.4, -0.2) is 21.6 Å². The van der Waals surface area contributed by atoms with E-state index in [4.69, 9.17) is 0 Å². The molecule has 1 aromatic heterocycles.